The van der Waals surface area contributed by atoms with E-state index in [1.165, 1.54) is 23.4 Å². The van der Waals surface area contributed by atoms with Gasteiger partial charge in [-0.05, 0) is 17.7 Å². The lowest BCUT2D eigenvalue weighted by Crippen LogP contribution is -2.37. The topological polar surface area (TPSA) is 79.0 Å². The Hall–Kier alpha value is -3.65. The van der Waals surface area contributed by atoms with Crippen LogP contribution in [0.1, 0.15) is 5.56 Å². The molecule has 8 heteroatoms. The van der Waals surface area contributed by atoms with Gasteiger partial charge < -0.3 is 4.74 Å². The van der Waals surface area contributed by atoms with E-state index in [4.69, 9.17) is 9.72 Å². The average Bonchev–Trinajstić information content (AvgIpc) is 2.84. The third kappa shape index (κ3) is 4.09. The second-order valence-corrected chi connectivity index (χ2v) is 8.09. The number of aromatic nitrogens is 4. The molecule has 4 rings (SSSR count). The Bertz CT molecular complexity index is 1430. The fourth-order valence-corrected chi connectivity index (χ4v) is 4.18. The van der Waals surface area contributed by atoms with Crippen molar-refractivity contribution < 1.29 is 4.74 Å². The van der Waals surface area contributed by atoms with Gasteiger partial charge in [0.1, 0.15) is 16.2 Å². The minimum absolute atomic E-state index is 0.295. The molecule has 0 N–H and O–H groups in total. The van der Waals surface area contributed by atoms with Crippen molar-refractivity contribution >= 4 is 28.9 Å². The molecule has 32 heavy (non-hydrogen) atoms. The molecule has 0 saturated carbocycles. The van der Waals surface area contributed by atoms with Crippen molar-refractivity contribution in [3.63, 3.8) is 0 Å². The first-order valence-corrected chi connectivity index (χ1v) is 11.0. The fourth-order valence-electron chi connectivity index (χ4n) is 3.36. The quantitative estimate of drug-likeness (QED) is 0.333. The van der Waals surface area contributed by atoms with Gasteiger partial charge in [-0.1, -0.05) is 54.6 Å². The minimum atomic E-state index is -0.438. The summed E-state index contributed by atoms with van der Waals surface area (Å²) in [7, 11) is 4.64. The first-order chi connectivity index (χ1) is 15.5. The van der Waals surface area contributed by atoms with E-state index in [2.05, 4.69) is 4.98 Å². The molecule has 2 aromatic heterocycles. The van der Waals surface area contributed by atoms with E-state index in [1.54, 1.807) is 14.2 Å². The van der Waals surface area contributed by atoms with E-state index in [-0.39, 0.29) is 0 Å². The van der Waals surface area contributed by atoms with Crippen LogP contribution in [-0.2, 0) is 14.1 Å². The molecule has 4 aromatic rings. The first kappa shape index (κ1) is 21.6. The number of nitrogens with zero attached hydrogens (tertiary/aromatic N) is 4. The lowest BCUT2D eigenvalue weighted by atomic mass is 10.2. The Morgan fingerprint density at radius 1 is 0.969 bits per heavy atom. The number of para-hydroxylation sites is 1. The van der Waals surface area contributed by atoms with Gasteiger partial charge in [-0.15, -0.1) is 11.8 Å². The maximum atomic E-state index is 13.0. The highest BCUT2D eigenvalue weighted by atomic mass is 32.2. The van der Waals surface area contributed by atoms with Crippen LogP contribution in [0, 0.1) is 0 Å². The van der Waals surface area contributed by atoms with Crippen LogP contribution in [0.4, 0.5) is 0 Å². The lowest BCUT2D eigenvalue weighted by molar-refractivity contribution is 0.416. The summed E-state index contributed by atoms with van der Waals surface area (Å²) in [6.45, 7) is 0. The van der Waals surface area contributed by atoms with Crippen LogP contribution in [0.2, 0.25) is 0 Å². The molecule has 0 aliphatic heterocycles. The highest BCUT2D eigenvalue weighted by molar-refractivity contribution is 7.99. The van der Waals surface area contributed by atoms with E-state index in [0.717, 1.165) is 10.1 Å². The highest BCUT2D eigenvalue weighted by Crippen LogP contribution is 2.31. The van der Waals surface area contributed by atoms with Gasteiger partial charge >= 0.3 is 5.69 Å². The van der Waals surface area contributed by atoms with E-state index in [9.17, 15) is 9.59 Å². The number of ether oxygens (including phenoxy) is 1. The molecule has 0 aliphatic rings. The zero-order valence-electron chi connectivity index (χ0n) is 18.0. The summed E-state index contributed by atoms with van der Waals surface area (Å²) in [6, 6.07) is 17.4. The smallest absolute Gasteiger partial charge is 0.332 e. The molecular weight excluding hydrogens is 424 g/mol. The molecule has 2 heterocycles. The summed E-state index contributed by atoms with van der Waals surface area (Å²) in [5, 5.41) is 0.844. The molecule has 162 valence electrons. The third-order valence-electron chi connectivity index (χ3n) is 5.04. The lowest BCUT2D eigenvalue weighted by Gasteiger charge is -2.13. The fraction of sp³-hybridized carbons (Fsp3) is 0.167. The van der Waals surface area contributed by atoms with Gasteiger partial charge in [0.25, 0.3) is 5.56 Å². The van der Waals surface area contributed by atoms with Crippen LogP contribution in [0.25, 0.3) is 28.5 Å². The standard InChI is InChI=1S/C24H22N4O3S/c1-27-21-19(23(29)28(2)24(27)30)22(32-15-9-12-16-10-5-4-6-11-16)26-20(25-21)17-13-7-8-14-18(17)31-3/h4-14H,15H2,1-3H3. The summed E-state index contributed by atoms with van der Waals surface area (Å²) >= 11 is 1.42. The van der Waals surface area contributed by atoms with Gasteiger partial charge in [0, 0.05) is 19.8 Å². The monoisotopic (exact) mass is 446 g/mol. The van der Waals surface area contributed by atoms with Crippen molar-refractivity contribution in [3.05, 3.63) is 87.1 Å². The average molecular weight is 447 g/mol. The van der Waals surface area contributed by atoms with Gasteiger partial charge in [0.15, 0.2) is 11.5 Å². The summed E-state index contributed by atoms with van der Waals surface area (Å²) in [5.74, 6) is 1.60. The number of rotatable bonds is 6. The summed E-state index contributed by atoms with van der Waals surface area (Å²) in [5.41, 5.74) is 1.22. The molecular formula is C24H22N4O3S. The summed E-state index contributed by atoms with van der Waals surface area (Å²) < 4.78 is 7.92. The number of hydrogen-bond donors (Lipinski definition) is 0. The van der Waals surface area contributed by atoms with Crippen molar-refractivity contribution in [2.75, 3.05) is 12.9 Å². The van der Waals surface area contributed by atoms with Gasteiger partial charge in [0.2, 0.25) is 0 Å². The van der Waals surface area contributed by atoms with Crippen molar-refractivity contribution in [1.29, 1.82) is 0 Å². The van der Waals surface area contributed by atoms with E-state index in [1.807, 2.05) is 66.7 Å². The largest absolute Gasteiger partial charge is 0.496 e. The van der Waals surface area contributed by atoms with Crippen LogP contribution < -0.4 is 16.0 Å². The molecule has 0 radical (unpaired) electrons. The molecule has 7 nitrogen and oxygen atoms in total. The Morgan fingerprint density at radius 3 is 2.44 bits per heavy atom. The molecule has 0 saturated heterocycles. The molecule has 0 fully saturated rings. The van der Waals surface area contributed by atoms with Gasteiger partial charge in [-0.3, -0.25) is 13.9 Å². The predicted molar refractivity (Wildman–Crippen MR) is 128 cm³/mol. The molecule has 2 aromatic carbocycles. The van der Waals surface area contributed by atoms with Crippen LogP contribution in [0.15, 0.2) is 75.3 Å². The van der Waals surface area contributed by atoms with Crippen LogP contribution >= 0.6 is 11.8 Å². The van der Waals surface area contributed by atoms with Crippen LogP contribution in [0.3, 0.4) is 0 Å². The molecule has 0 unspecified atom stereocenters. The van der Waals surface area contributed by atoms with Crippen LogP contribution in [0.5, 0.6) is 5.75 Å². The maximum absolute atomic E-state index is 13.0. The normalized spacial score (nSPS) is 11.3. The van der Waals surface area contributed by atoms with E-state index in [0.29, 0.717) is 38.9 Å². The predicted octanol–water partition coefficient (Wildman–Crippen LogP) is 3.51. The number of methoxy groups -OCH3 is 1. The number of thioether (sulfide) groups is 1. The van der Waals surface area contributed by atoms with Crippen molar-refractivity contribution in [2.24, 2.45) is 14.1 Å². The van der Waals surface area contributed by atoms with Gasteiger partial charge in [-0.25, -0.2) is 14.8 Å². The number of hydrogen-bond acceptors (Lipinski definition) is 6. The maximum Gasteiger partial charge on any atom is 0.332 e. The summed E-state index contributed by atoms with van der Waals surface area (Å²) in [6.07, 6.45) is 4.04. The zero-order valence-corrected chi connectivity index (χ0v) is 18.8. The second-order valence-electron chi connectivity index (χ2n) is 7.08. The Kier molecular flexibility index (Phi) is 6.23. The zero-order chi connectivity index (χ0) is 22.7. The Balaban J connectivity index is 1.84. The van der Waals surface area contributed by atoms with Crippen LogP contribution in [-0.4, -0.2) is 32.0 Å². The molecule has 0 amide bonds. The number of benzene rings is 2. The van der Waals surface area contributed by atoms with Crippen molar-refractivity contribution in [1.82, 2.24) is 19.1 Å². The third-order valence-corrected chi connectivity index (χ3v) is 5.97. The van der Waals surface area contributed by atoms with Crippen molar-refractivity contribution in [3.8, 4) is 17.1 Å². The first-order valence-electron chi connectivity index (χ1n) is 9.96. The molecule has 0 atom stereocenters. The molecule has 0 bridgehead atoms. The second kappa shape index (κ2) is 9.23. The van der Waals surface area contributed by atoms with E-state index >= 15 is 0 Å². The highest BCUT2D eigenvalue weighted by Gasteiger charge is 2.19. The van der Waals surface area contributed by atoms with Gasteiger partial charge in [-0.2, -0.15) is 0 Å². The number of fused-ring (bicyclic) bond motifs is 1. The molecule has 0 aliphatic carbocycles. The van der Waals surface area contributed by atoms with E-state index < -0.39 is 11.2 Å². The number of aryl methyl sites for hydroxylation is 1. The Labute approximate surface area is 189 Å². The Morgan fingerprint density at radius 2 is 1.69 bits per heavy atom. The SMILES string of the molecule is COc1ccccc1-c1nc(SCC=Cc2ccccc2)c2c(=O)n(C)c(=O)n(C)c2n1. The van der Waals surface area contributed by atoms with Gasteiger partial charge in [0.05, 0.1) is 12.7 Å². The van der Waals surface area contributed by atoms with Crippen molar-refractivity contribution in [2.45, 2.75) is 5.03 Å². The molecule has 0 spiro atoms. The minimum Gasteiger partial charge on any atom is -0.496 e. The summed E-state index contributed by atoms with van der Waals surface area (Å²) in [4.78, 5) is 34.8.